The first-order valence-electron chi connectivity index (χ1n) is 5.94. The maximum absolute atomic E-state index is 12.8. The maximum atomic E-state index is 12.8. The van der Waals surface area contributed by atoms with Gasteiger partial charge in [0.1, 0.15) is 5.82 Å². The largest absolute Gasteiger partial charge is 0.324 e. The average Bonchev–Trinajstić information content (AvgIpc) is 2.31. The lowest BCUT2D eigenvalue weighted by atomic mass is 9.92. The van der Waals surface area contributed by atoms with Crippen LogP contribution >= 0.6 is 0 Å². The van der Waals surface area contributed by atoms with E-state index in [1.54, 1.807) is 12.1 Å². The second-order valence-electron chi connectivity index (χ2n) is 4.47. The third kappa shape index (κ3) is 2.92. The quantitative estimate of drug-likeness (QED) is 0.770. The van der Waals surface area contributed by atoms with Gasteiger partial charge in [-0.25, -0.2) is 4.39 Å². The summed E-state index contributed by atoms with van der Waals surface area (Å²) in [7, 11) is 0. The molecule has 2 N–H and O–H groups in total. The molecular formula is C14H18FN. The number of benzene rings is 1. The summed E-state index contributed by atoms with van der Waals surface area (Å²) in [6.07, 6.45) is 8.16. The summed E-state index contributed by atoms with van der Waals surface area (Å²) in [6.45, 7) is 0. The van der Waals surface area contributed by atoms with Crippen molar-refractivity contribution in [3.8, 4) is 0 Å². The fourth-order valence-corrected chi connectivity index (χ4v) is 2.20. The fraction of sp³-hybridized carbons (Fsp3) is 0.429. The SMILES string of the molecule is NC(CC1=CCCCC1)c1ccc(F)cc1. The van der Waals surface area contributed by atoms with Gasteiger partial charge < -0.3 is 5.73 Å². The molecule has 1 atom stereocenters. The standard InChI is InChI=1S/C14H18FN/c15-13-8-6-12(7-9-13)14(16)10-11-4-2-1-3-5-11/h4,6-9,14H,1-3,5,10,16H2. The molecule has 0 saturated carbocycles. The summed E-state index contributed by atoms with van der Waals surface area (Å²) < 4.78 is 12.8. The van der Waals surface area contributed by atoms with Crippen LogP contribution in [0.4, 0.5) is 4.39 Å². The van der Waals surface area contributed by atoms with E-state index < -0.39 is 0 Å². The molecule has 0 amide bonds. The third-order valence-electron chi connectivity index (χ3n) is 3.17. The van der Waals surface area contributed by atoms with Crippen molar-refractivity contribution in [2.45, 2.75) is 38.1 Å². The van der Waals surface area contributed by atoms with Crippen LogP contribution in [0.1, 0.15) is 43.7 Å². The van der Waals surface area contributed by atoms with Gasteiger partial charge in [0.25, 0.3) is 0 Å². The van der Waals surface area contributed by atoms with Crippen LogP contribution in [0.2, 0.25) is 0 Å². The minimum Gasteiger partial charge on any atom is -0.324 e. The van der Waals surface area contributed by atoms with Crippen LogP contribution in [-0.4, -0.2) is 0 Å². The van der Waals surface area contributed by atoms with Gasteiger partial charge in [0, 0.05) is 6.04 Å². The lowest BCUT2D eigenvalue weighted by molar-refractivity contribution is 0.616. The Morgan fingerprint density at radius 3 is 2.56 bits per heavy atom. The highest BCUT2D eigenvalue weighted by molar-refractivity contribution is 5.22. The van der Waals surface area contributed by atoms with E-state index >= 15 is 0 Å². The first-order valence-corrected chi connectivity index (χ1v) is 5.94. The first kappa shape index (κ1) is 11.3. The van der Waals surface area contributed by atoms with Crippen molar-refractivity contribution in [1.82, 2.24) is 0 Å². The Balaban J connectivity index is 1.99. The van der Waals surface area contributed by atoms with Crippen molar-refractivity contribution in [3.05, 3.63) is 47.3 Å². The molecule has 0 bridgehead atoms. The zero-order chi connectivity index (χ0) is 11.4. The molecule has 1 aliphatic rings. The van der Waals surface area contributed by atoms with Crippen LogP contribution in [0.25, 0.3) is 0 Å². The molecule has 2 heteroatoms. The highest BCUT2D eigenvalue weighted by Crippen LogP contribution is 2.26. The van der Waals surface area contributed by atoms with E-state index in [1.165, 1.54) is 43.4 Å². The van der Waals surface area contributed by atoms with Crippen LogP contribution in [0, 0.1) is 5.82 Å². The van der Waals surface area contributed by atoms with Crippen molar-refractivity contribution in [2.75, 3.05) is 0 Å². The zero-order valence-corrected chi connectivity index (χ0v) is 9.45. The van der Waals surface area contributed by atoms with Crippen molar-refractivity contribution in [3.63, 3.8) is 0 Å². The van der Waals surface area contributed by atoms with Gasteiger partial charge in [-0.05, 0) is 49.8 Å². The molecule has 0 aliphatic heterocycles. The molecule has 2 rings (SSSR count). The lowest BCUT2D eigenvalue weighted by Gasteiger charge is -2.17. The van der Waals surface area contributed by atoms with Gasteiger partial charge in [0.05, 0.1) is 0 Å². The summed E-state index contributed by atoms with van der Waals surface area (Å²) in [5, 5.41) is 0. The van der Waals surface area contributed by atoms with Crippen LogP contribution in [-0.2, 0) is 0 Å². The molecule has 1 aromatic rings. The molecule has 1 aliphatic carbocycles. The van der Waals surface area contributed by atoms with E-state index in [0.29, 0.717) is 0 Å². The number of hydrogen-bond acceptors (Lipinski definition) is 1. The van der Waals surface area contributed by atoms with Crippen molar-refractivity contribution >= 4 is 0 Å². The Bertz CT molecular complexity index is 367. The van der Waals surface area contributed by atoms with Gasteiger partial charge in [-0.15, -0.1) is 0 Å². The first-order chi connectivity index (χ1) is 7.75. The highest BCUT2D eigenvalue weighted by atomic mass is 19.1. The van der Waals surface area contributed by atoms with Crippen LogP contribution in [0.15, 0.2) is 35.9 Å². The monoisotopic (exact) mass is 219 g/mol. The Morgan fingerprint density at radius 1 is 1.19 bits per heavy atom. The summed E-state index contributed by atoms with van der Waals surface area (Å²) in [5.74, 6) is -0.201. The molecule has 0 fully saturated rings. The molecule has 0 radical (unpaired) electrons. The number of nitrogens with two attached hydrogens (primary N) is 1. The van der Waals surface area contributed by atoms with Crippen LogP contribution in [0.3, 0.4) is 0 Å². The molecule has 86 valence electrons. The average molecular weight is 219 g/mol. The number of rotatable bonds is 3. The van der Waals surface area contributed by atoms with Gasteiger partial charge in [-0.3, -0.25) is 0 Å². The second kappa shape index (κ2) is 5.26. The van der Waals surface area contributed by atoms with Crippen molar-refractivity contribution in [1.29, 1.82) is 0 Å². The fourth-order valence-electron chi connectivity index (χ4n) is 2.20. The van der Waals surface area contributed by atoms with Gasteiger partial charge in [0.2, 0.25) is 0 Å². The molecule has 1 nitrogen and oxygen atoms in total. The predicted molar refractivity (Wildman–Crippen MR) is 64.5 cm³/mol. The van der Waals surface area contributed by atoms with Gasteiger partial charge in [-0.2, -0.15) is 0 Å². The molecular weight excluding hydrogens is 201 g/mol. The van der Waals surface area contributed by atoms with E-state index in [1.807, 2.05) is 0 Å². The Labute approximate surface area is 96.2 Å². The predicted octanol–water partition coefficient (Wildman–Crippen LogP) is 3.72. The number of allylic oxidation sites excluding steroid dienone is 1. The Morgan fingerprint density at radius 2 is 1.94 bits per heavy atom. The smallest absolute Gasteiger partial charge is 0.123 e. The van der Waals surface area contributed by atoms with E-state index in [4.69, 9.17) is 5.73 Å². The van der Waals surface area contributed by atoms with Gasteiger partial charge in [0.15, 0.2) is 0 Å². The van der Waals surface area contributed by atoms with Gasteiger partial charge in [-0.1, -0.05) is 23.8 Å². The molecule has 1 aromatic carbocycles. The summed E-state index contributed by atoms with van der Waals surface area (Å²) >= 11 is 0. The van der Waals surface area contributed by atoms with E-state index in [0.717, 1.165) is 12.0 Å². The summed E-state index contributed by atoms with van der Waals surface area (Å²) in [5.41, 5.74) is 8.59. The van der Waals surface area contributed by atoms with Crippen LogP contribution < -0.4 is 5.73 Å². The molecule has 1 unspecified atom stereocenters. The van der Waals surface area contributed by atoms with Crippen LogP contribution in [0.5, 0.6) is 0 Å². The zero-order valence-electron chi connectivity index (χ0n) is 9.45. The Hall–Kier alpha value is -1.15. The second-order valence-corrected chi connectivity index (χ2v) is 4.47. The highest BCUT2D eigenvalue weighted by Gasteiger charge is 2.10. The summed E-state index contributed by atoms with van der Waals surface area (Å²) in [6, 6.07) is 6.52. The molecule has 0 saturated heterocycles. The molecule has 0 spiro atoms. The van der Waals surface area contributed by atoms with E-state index in [2.05, 4.69) is 6.08 Å². The maximum Gasteiger partial charge on any atom is 0.123 e. The third-order valence-corrected chi connectivity index (χ3v) is 3.17. The minimum absolute atomic E-state index is 0.00458. The minimum atomic E-state index is -0.201. The molecule has 0 aromatic heterocycles. The molecule has 0 heterocycles. The lowest BCUT2D eigenvalue weighted by Crippen LogP contribution is -2.12. The van der Waals surface area contributed by atoms with Crippen molar-refractivity contribution in [2.24, 2.45) is 5.73 Å². The normalized spacial score (nSPS) is 18.0. The summed E-state index contributed by atoms with van der Waals surface area (Å²) in [4.78, 5) is 0. The number of hydrogen-bond donors (Lipinski definition) is 1. The van der Waals surface area contributed by atoms with E-state index in [-0.39, 0.29) is 11.9 Å². The topological polar surface area (TPSA) is 26.0 Å². The van der Waals surface area contributed by atoms with Crippen molar-refractivity contribution < 1.29 is 4.39 Å². The Kier molecular flexibility index (Phi) is 3.73. The number of halogens is 1. The van der Waals surface area contributed by atoms with E-state index in [9.17, 15) is 4.39 Å². The van der Waals surface area contributed by atoms with Gasteiger partial charge >= 0.3 is 0 Å². The molecule has 16 heavy (non-hydrogen) atoms.